The van der Waals surface area contributed by atoms with Crippen molar-refractivity contribution >= 4 is 33.0 Å². The largest absolute Gasteiger partial charge is 0.493 e. The molecule has 0 unspecified atom stereocenters. The van der Waals surface area contributed by atoms with Crippen molar-refractivity contribution in [1.29, 1.82) is 0 Å². The monoisotopic (exact) mass is 343 g/mol. The molecular weight excluding hydrogens is 334 g/mol. The number of rotatable bonds is 5. The van der Waals surface area contributed by atoms with Crippen LogP contribution in [0.1, 0.15) is 4.88 Å². The van der Waals surface area contributed by atoms with E-state index in [2.05, 4.69) is 15.9 Å². The van der Waals surface area contributed by atoms with Gasteiger partial charge in [-0.2, -0.15) is 0 Å². The molecule has 5 nitrogen and oxygen atoms in total. The highest BCUT2D eigenvalue weighted by molar-refractivity contribution is 9.11. The first-order chi connectivity index (χ1) is 9.10. The fourth-order valence-electron chi connectivity index (χ4n) is 1.47. The number of hydrogen-bond acceptors (Lipinski definition) is 5. The van der Waals surface area contributed by atoms with Crippen LogP contribution in [0.4, 0.5) is 5.69 Å². The number of thiophene rings is 1. The molecule has 0 spiro atoms. The summed E-state index contributed by atoms with van der Waals surface area (Å²) in [4.78, 5) is 11.2. The predicted octanol–water partition coefficient (Wildman–Crippen LogP) is 4.01. The third-order valence-electron chi connectivity index (χ3n) is 2.36. The molecule has 0 aliphatic carbocycles. The molecule has 0 saturated carbocycles. The van der Waals surface area contributed by atoms with Crippen molar-refractivity contribution in [2.75, 3.05) is 7.11 Å². The Morgan fingerprint density at radius 2 is 2.11 bits per heavy atom. The molecule has 1 aromatic heterocycles. The minimum absolute atomic E-state index is 0.0249. The quantitative estimate of drug-likeness (QED) is 0.607. The molecular formula is C12H10BrNO4S. The van der Waals surface area contributed by atoms with Crippen LogP contribution in [-0.4, -0.2) is 12.0 Å². The lowest BCUT2D eigenvalue weighted by molar-refractivity contribution is -0.385. The second-order valence-electron chi connectivity index (χ2n) is 3.59. The number of ether oxygens (including phenoxy) is 2. The Balaban J connectivity index is 2.13. The molecule has 0 amide bonds. The maximum Gasteiger partial charge on any atom is 0.273 e. The first-order valence-electron chi connectivity index (χ1n) is 5.29. The number of non-ortho nitro benzene ring substituents is 1. The van der Waals surface area contributed by atoms with E-state index in [0.717, 1.165) is 8.66 Å². The summed E-state index contributed by atoms with van der Waals surface area (Å²) >= 11 is 4.95. The highest BCUT2D eigenvalue weighted by atomic mass is 79.9. The molecule has 2 rings (SSSR count). The van der Waals surface area contributed by atoms with Gasteiger partial charge in [-0.25, -0.2) is 0 Å². The lowest BCUT2D eigenvalue weighted by Crippen LogP contribution is -1.97. The Kier molecular flexibility index (Phi) is 4.39. The SMILES string of the molecule is COc1cc([N+](=O)[O-])ccc1OCc1ccc(Br)s1. The molecule has 0 N–H and O–H groups in total. The molecule has 100 valence electrons. The molecule has 0 aliphatic heterocycles. The van der Waals surface area contributed by atoms with Crippen molar-refractivity contribution in [1.82, 2.24) is 0 Å². The number of halogens is 1. The van der Waals surface area contributed by atoms with Gasteiger partial charge in [0.25, 0.3) is 5.69 Å². The van der Waals surface area contributed by atoms with Crippen LogP contribution in [0.2, 0.25) is 0 Å². The molecule has 7 heteroatoms. The van der Waals surface area contributed by atoms with E-state index in [9.17, 15) is 10.1 Å². The van der Waals surface area contributed by atoms with Gasteiger partial charge in [0.1, 0.15) is 6.61 Å². The number of hydrogen-bond donors (Lipinski definition) is 0. The fourth-order valence-corrected chi connectivity index (χ4v) is 2.86. The standard InChI is InChI=1S/C12H10BrNO4S/c1-17-11-6-8(14(15)16)2-4-10(11)18-7-9-3-5-12(13)19-9/h2-6H,7H2,1H3. The van der Waals surface area contributed by atoms with Crippen LogP contribution >= 0.6 is 27.3 Å². The zero-order chi connectivity index (χ0) is 13.8. The highest BCUT2D eigenvalue weighted by Crippen LogP contribution is 2.32. The molecule has 1 heterocycles. The van der Waals surface area contributed by atoms with Crippen molar-refractivity contribution < 1.29 is 14.4 Å². The third kappa shape index (κ3) is 3.45. The van der Waals surface area contributed by atoms with Crippen molar-refractivity contribution in [3.63, 3.8) is 0 Å². The van der Waals surface area contributed by atoms with Gasteiger partial charge in [0, 0.05) is 10.9 Å². The third-order valence-corrected chi connectivity index (χ3v) is 3.95. The Bertz CT molecular complexity index is 599. The van der Waals surface area contributed by atoms with Crippen molar-refractivity contribution in [3.8, 4) is 11.5 Å². The van der Waals surface area contributed by atoms with E-state index in [-0.39, 0.29) is 5.69 Å². The van der Waals surface area contributed by atoms with Gasteiger partial charge < -0.3 is 9.47 Å². The summed E-state index contributed by atoms with van der Waals surface area (Å²) in [5.41, 5.74) is -0.0249. The summed E-state index contributed by atoms with van der Waals surface area (Å²) in [6.07, 6.45) is 0. The first kappa shape index (κ1) is 13.8. The molecule has 0 radical (unpaired) electrons. The number of nitrogens with zero attached hydrogens (tertiary/aromatic N) is 1. The minimum atomic E-state index is -0.470. The molecule has 0 atom stereocenters. The Morgan fingerprint density at radius 1 is 1.32 bits per heavy atom. The fraction of sp³-hybridized carbons (Fsp3) is 0.167. The minimum Gasteiger partial charge on any atom is -0.493 e. The Morgan fingerprint density at radius 3 is 2.68 bits per heavy atom. The average molecular weight is 344 g/mol. The van der Waals surface area contributed by atoms with Gasteiger partial charge in [-0.05, 0) is 34.1 Å². The second kappa shape index (κ2) is 6.03. The normalized spacial score (nSPS) is 10.2. The maximum absolute atomic E-state index is 10.7. The first-order valence-corrected chi connectivity index (χ1v) is 6.90. The topological polar surface area (TPSA) is 61.6 Å². The second-order valence-corrected chi connectivity index (χ2v) is 6.13. The van der Waals surface area contributed by atoms with Crippen molar-refractivity contribution in [2.24, 2.45) is 0 Å². The smallest absolute Gasteiger partial charge is 0.273 e. The lowest BCUT2D eigenvalue weighted by Gasteiger charge is -2.09. The molecule has 0 saturated heterocycles. The average Bonchev–Trinajstić information content (AvgIpc) is 2.81. The van der Waals surface area contributed by atoms with Crippen LogP contribution in [-0.2, 0) is 6.61 Å². The van der Waals surface area contributed by atoms with Gasteiger partial charge in [-0.1, -0.05) is 0 Å². The summed E-state index contributed by atoms with van der Waals surface area (Å²) in [6.45, 7) is 0.393. The number of nitro groups is 1. The van der Waals surface area contributed by atoms with Crippen LogP contribution in [0.3, 0.4) is 0 Å². The van der Waals surface area contributed by atoms with Crippen LogP contribution in [0, 0.1) is 10.1 Å². The molecule has 0 aliphatic rings. The zero-order valence-electron chi connectivity index (χ0n) is 9.96. The lowest BCUT2D eigenvalue weighted by atomic mass is 10.3. The van der Waals surface area contributed by atoms with Gasteiger partial charge in [-0.3, -0.25) is 10.1 Å². The van der Waals surface area contributed by atoms with Crippen molar-refractivity contribution in [2.45, 2.75) is 6.61 Å². The van der Waals surface area contributed by atoms with E-state index in [4.69, 9.17) is 9.47 Å². The molecule has 19 heavy (non-hydrogen) atoms. The number of methoxy groups -OCH3 is 1. The summed E-state index contributed by atoms with van der Waals surface area (Å²) in [7, 11) is 1.45. The molecule has 0 bridgehead atoms. The van der Waals surface area contributed by atoms with Crippen LogP contribution < -0.4 is 9.47 Å². The summed E-state index contributed by atoms with van der Waals surface area (Å²) in [5, 5.41) is 10.7. The molecule has 0 fully saturated rings. The Hall–Kier alpha value is -1.60. The molecule has 1 aromatic carbocycles. The van der Waals surface area contributed by atoms with E-state index in [1.807, 2.05) is 12.1 Å². The Labute approximate surface area is 122 Å². The van der Waals surface area contributed by atoms with Gasteiger partial charge in [0.05, 0.1) is 21.9 Å². The van der Waals surface area contributed by atoms with E-state index in [0.29, 0.717) is 18.1 Å². The van der Waals surface area contributed by atoms with E-state index in [1.165, 1.54) is 19.2 Å². The van der Waals surface area contributed by atoms with E-state index >= 15 is 0 Å². The van der Waals surface area contributed by atoms with E-state index in [1.54, 1.807) is 17.4 Å². The van der Waals surface area contributed by atoms with Gasteiger partial charge >= 0.3 is 0 Å². The molecule has 2 aromatic rings. The number of benzene rings is 1. The van der Waals surface area contributed by atoms with Crippen LogP contribution in [0.5, 0.6) is 11.5 Å². The van der Waals surface area contributed by atoms with Crippen LogP contribution in [0.15, 0.2) is 34.1 Å². The number of nitro benzene ring substituents is 1. The van der Waals surface area contributed by atoms with Crippen LogP contribution in [0.25, 0.3) is 0 Å². The zero-order valence-corrected chi connectivity index (χ0v) is 12.4. The summed E-state index contributed by atoms with van der Waals surface area (Å²) in [6, 6.07) is 8.17. The van der Waals surface area contributed by atoms with Crippen molar-refractivity contribution in [3.05, 3.63) is 49.1 Å². The highest BCUT2D eigenvalue weighted by Gasteiger charge is 2.12. The van der Waals surface area contributed by atoms with Gasteiger partial charge in [-0.15, -0.1) is 11.3 Å². The predicted molar refractivity (Wildman–Crippen MR) is 76.0 cm³/mol. The summed E-state index contributed by atoms with van der Waals surface area (Å²) in [5.74, 6) is 0.836. The van der Waals surface area contributed by atoms with Gasteiger partial charge in [0.2, 0.25) is 0 Å². The van der Waals surface area contributed by atoms with E-state index < -0.39 is 4.92 Å². The maximum atomic E-state index is 10.7. The summed E-state index contributed by atoms with van der Waals surface area (Å²) < 4.78 is 11.7. The van der Waals surface area contributed by atoms with Gasteiger partial charge in [0.15, 0.2) is 11.5 Å².